The monoisotopic (exact) mass is 373 g/mol. The minimum absolute atomic E-state index is 0.103. The number of carbonyl (C=O) groups excluding carboxylic acids is 1. The molecule has 4 heterocycles. The number of aryl methyl sites for hydroxylation is 1. The highest BCUT2D eigenvalue weighted by Crippen LogP contribution is 2.25. The molecular weight excluding hydrogens is 350 g/mol. The lowest BCUT2D eigenvalue weighted by Gasteiger charge is -2.49. The van der Waals surface area contributed by atoms with Gasteiger partial charge >= 0.3 is 0 Å². The van der Waals surface area contributed by atoms with Crippen molar-refractivity contribution in [3.63, 3.8) is 0 Å². The van der Waals surface area contributed by atoms with Crippen LogP contribution in [0, 0.1) is 6.92 Å². The molecule has 7 nitrogen and oxygen atoms in total. The van der Waals surface area contributed by atoms with E-state index >= 15 is 0 Å². The molecule has 0 radical (unpaired) electrons. The van der Waals surface area contributed by atoms with Gasteiger partial charge in [0, 0.05) is 36.8 Å². The molecule has 1 unspecified atom stereocenters. The molecular formula is C18H23N5O2S. The molecule has 1 atom stereocenters. The zero-order valence-corrected chi connectivity index (χ0v) is 15.9. The molecule has 8 heteroatoms. The molecule has 2 aromatic heterocycles. The fraction of sp³-hybridized carbons (Fsp3) is 0.556. The van der Waals surface area contributed by atoms with Gasteiger partial charge in [0.2, 0.25) is 0 Å². The third kappa shape index (κ3) is 3.19. The van der Waals surface area contributed by atoms with Crippen molar-refractivity contribution in [1.82, 2.24) is 24.8 Å². The number of hydrogen-bond acceptors (Lipinski definition) is 6. The van der Waals surface area contributed by atoms with Crippen LogP contribution in [-0.2, 0) is 0 Å². The van der Waals surface area contributed by atoms with Crippen LogP contribution in [0.1, 0.15) is 41.6 Å². The van der Waals surface area contributed by atoms with Crippen LogP contribution in [0.15, 0.2) is 16.4 Å². The van der Waals surface area contributed by atoms with Gasteiger partial charge in [-0.25, -0.2) is 9.97 Å². The topological polar surface area (TPSA) is 82.2 Å². The van der Waals surface area contributed by atoms with Gasteiger partial charge in [-0.05, 0) is 33.2 Å². The normalized spacial score (nSPS) is 21.6. The SMILES string of the molecule is Cc1nc(-c2ncc(C(=O)N3CC(N4CCCCC4C)C3)c(=O)[nH]2)cs1. The fourth-order valence-corrected chi connectivity index (χ4v) is 4.41. The molecule has 0 bridgehead atoms. The Morgan fingerprint density at radius 1 is 1.35 bits per heavy atom. The van der Waals surface area contributed by atoms with E-state index in [1.54, 1.807) is 4.90 Å². The van der Waals surface area contributed by atoms with Crippen molar-refractivity contribution in [1.29, 1.82) is 0 Å². The molecule has 0 spiro atoms. The molecule has 26 heavy (non-hydrogen) atoms. The molecule has 4 rings (SSSR count). The number of aromatic nitrogens is 3. The van der Waals surface area contributed by atoms with Crippen LogP contribution in [0.25, 0.3) is 11.5 Å². The lowest BCUT2D eigenvalue weighted by molar-refractivity contribution is 0.00200. The number of aromatic amines is 1. The zero-order chi connectivity index (χ0) is 18.3. The summed E-state index contributed by atoms with van der Waals surface area (Å²) in [5.41, 5.74) is 0.331. The summed E-state index contributed by atoms with van der Waals surface area (Å²) in [6.07, 6.45) is 5.13. The van der Waals surface area contributed by atoms with Crippen LogP contribution in [0.5, 0.6) is 0 Å². The molecule has 0 aromatic carbocycles. The maximum atomic E-state index is 12.6. The van der Waals surface area contributed by atoms with E-state index in [-0.39, 0.29) is 11.5 Å². The Morgan fingerprint density at radius 2 is 2.15 bits per heavy atom. The second-order valence-corrected chi connectivity index (χ2v) is 8.24. The fourth-order valence-electron chi connectivity index (χ4n) is 3.81. The van der Waals surface area contributed by atoms with E-state index in [0.29, 0.717) is 36.7 Å². The summed E-state index contributed by atoms with van der Waals surface area (Å²) in [6, 6.07) is 0.996. The summed E-state index contributed by atoms with van der Waals surface area (Å²) >= 11 is 1.49. The van der Waals surface area contributed by atoms with Crippen molar-refractivity contribution in [2.45, 2.75) is 45.2 Å². The third-order valence-electron chi connectivity index (χ3n) is 5.36. The third-order valence-corrected chi connectivity index (χ3v) is 6.14. The molecule has 0 saturated carbocycles. The molecule has 1 N–H and O–H groups in total. The van der Waals surface area contributed by atoms with Gasteiger partial charge in [0.1, 0.15) is 11.3 Å². The summed E-state index contributed by atoms with van der Waals surface area (Å²) in [7, 11) is 0. The van der Waals surface area contributed by atoms with Crippen molar-refractivity contribution >= 4 is 17.2 Å². The van der Waals surface area contributed by atoms with Crippen LogP contribution >= 0.6 is 11.3 Å². The van der Waals surface area contributed by atoms with Gasteiger partial charge in [-0.3, -0.25) is 14.5 Å². The Hall–Kier alpha value is -2.06. The number of hydrogen-bond donors (Lipinski definition) is 1. The first-order chi connectivity index (χ1) is 12.5. The van der Waals surface area contributed by atoms with Gasteiger partial charge in [0.15, 0.2) is 5.82 Å². The van der Waals surface area contributed by atoms with E-state index in [2.05, 4.69) is 26.8 Å². The first-order valence-corrected chi connectivity index (χ1v) is 9.97. The van der Waals surface area contributed by atoms with Crippen molar-refractivity contribution in [3.8, 4) is 11.5 Å². The smallest absolute Gasteiger partial charge is 0.264 e. The molecule has 0 aliphatic carbocycles. The van der Waals surface area contributed by atoms with Gasteiger partial charge in [0.05, 0.1) is 5.01 Å². The summed E-state index contributed by atoms with van der Waals surface area (Å²) < 4.78 is 0. The van der Waals surface area contributed by atoms with Crippen molar-refractivity contribution < 1.29 is 4.79 Å². The van der Waals surface area contributed by atoms with E-state index in [4.69, 9.17) is 0 Å². The summed E-state index contributed by atoms with van der Waals surface area (Å²) in [4.78, 5) is 40.5. The summed E-state index contributed by atoms with van der Waals surface area (Å²) in [5.74, 6) is 0.167. The number of thiazole rings is 1. The van der Waals surface area contributed by atoms with E-state index in [1.807, 2.05) is 12.3 Å². The average Bonchev–Trinajstić information content (AvgIpc) is 3.01. The molecule has 138 valence electrons. The van der Waals surface area contributed by atoms with E-state index in [0.717, 1.165) is 11.6 Å². The van der Waals surface area contributed by atoms with Crippen LogP contribution in [0.4, 0.5) is 0 Å². The molecule has 2 saturated heterocycles. The van der Waals surface area contributed by atoms with Crippen LogP contribution in [0.2, 0.25) is 0 Å². The number of amides is 1. The van der Waals surface area contributed by atoms with Crippen LogP contribution < -0.4 is 5.56 Å². The Labute approximate surface area is 156 Å². The Bertz CT molecular complexity index is 870. The highest BCUT2D eigenvalue weighted by atomic mass is 32.1. The number of nitrogens with one attached hydrogen (secondary N) is 1. The highest BCUT2D eigenvalue weighted by molar-refractivity contribution is 7.09. The number of piperidine rings is 1. The number of H-pyrrole nitrogens is 1. The Morgan fingerprint density at radius 3 is 2.81 bits per heavy atom. The van der Waals surface area contributed by atoms with Gasteiger partial charge in [-0.15, -0.1) is 11.3 Å². The number of nitrogens with zero attached hydrogens (tertiary/aromatic N) is 4. The summed E-state index contributed by atoms with van der Waals surface area (Å²) in [5, 5.41) is 2.75. The van der Waals surface area contributed by atoms with Gasteiger partial charge < -0.3 is 9.88 Å². The second-order valence-electron chi connectivity index (χ2n) is 7.17. The minimum Gasteiger partial charge on any atom is -0.335 e. The maximum absolute atomic E-state index is 12.6. The standard InChI is InChI=1S/C18H23N5O2S/c1-11-5-3-4-6-23(11)13-8-22(9-13)18(25)14-7-19-16(21-17(14)24)15-10-26-12(2)20-15/h7,10-11,13H,3-6,8-9H2,1-2H3,(H,19,21,24). The van der Waals surface area contributed by atoms with Gasteiger partial charge in [0.25, 0.3) is 11.5 Å². The van der Waals surface area contributed by atoms with E-state index < -0.39 is 5.56 Å². The van der Waals surface area contributed by atoms with Crippen molar-refractivity contribution in [3.05, 3.63) is 32.5 Å². The average molecular weight is 373 g/mol. The highest BCUT2D eigenvalue weighted by Gasteiger charge is 2.38. The maximum Gasteiger partial charge on any atom is 0.264 e. The second kappa shape index (κ2) is 6.92. The van der Waals surface area contributed by atoms with Crippen LogP contribution in [0.3, 0.4) is 0 Å². The molecule has 2 fully saturated rings. The van der Waals surface area contributed by atoms with Crippen molar-refractivity contribution in [2.24, 2.45) is 0 Å². The van der Waals surface area contributed by atoms with E-state index in [1.165, 1.54) is 36.8 Å². The number of likely N-dealkylation sites (tertiary alicyclic amines) is 2. The van der Waals surface area contributed by atoms with Gasteiger partial charge in [-0.2, -0.15) is 0 Å². The minimum atomic E-state index is -0.402. The van der Waals surface area contributed by atoms with E-state index in [9.17, 15) is 9.59 Å². The predicted molar refractivity (Wildman–Crippen MR) is 100 cm³/mol. The van der Waals surface area contributed by atoms with Crippen molar-refractivity contribution in [2.75, 3.05) is 19.6 Å². The largest absolute Gasteiger partial charge is 0.335 e. The lowest BCUT2D eigenvalue weighted by Crippen LogP contribution is -2.63. The predicted octanol–water partition coefficient (Wildman–Crippen LogP) is 1.90. The molecule has 2 aliphatic rings. The molecule has 1 amide bonds. The molecule has 2 aromatic rings. The van der Waals surface area contributed by atoms with Crippen LogP contribution in [-0.4, -0.2) is 62.4 Å². The first-order valence-electron chi connectivity index (χ1n) is 9.10. The summed E-state index contributed by atoms with van der Waals surface area (Å²) in [6.45, 7) is 6.65. The zero-order valence-electron chi connectivity index (χ0n) is 15.1. The lowest BCUT2D eigenvalue weighted by atomic mass is 9.97. The Kier molecular flexibility index (Phi) is 4.62. The molecule has 2 aliphatic heterocycles. The number of rotatable bonds is 3. The Balaban J connectivity index is 1.43. The quantitative estimate of drug-likeness (QED) is 0.889. The number of carbonyl (C=O) groups is 1. The van der Waals surface area contributed by atoms with Gasteiger partial charge in [-0.1, -0.05) is 6.42 Å². The first kappa shape index (κ1) is 17.4.